The van der Waals surface area contributed by atoms with Gasteiger partial charge in [0, 0.05) is 18.3 Å². The molecule has 4 nitrogen and oxygen atoms in total. The Kier molecular flexibility index (Phi) is 4.95. The molecule has 18 heavy (non-hydrogen) atoms. The molecule has 100 valence electrons. The summed E-state index contributed by atoms with van der Waals surface area (Å²) in [6.45, 7) is 2.62. The van der Waals surface area contributed by atoms with E-state index < -0.39 is 0 Å². The molecule has 0 spiro atoms. The van der Waals surface area contributed by atoms with Gasteiger partial charge in [-0.3, -0.25) is 4.79 Å². The van der Waals surface area contributed by atoms with Crippen LogP contribution in [0.15, 0.2) is 11.0 Å². The molecule has 0 radical (unpaired) electrons. The smallest absolute Gasteiger partial charge is 0.287 e. The van der Waals surface area contributed by atoms with Crippen molar-refractivity contribution < 1.29 is 0 Å². The lowest BCUT2D eigenvalue weighted by Crippen LogP contribution is -2.29. The van der Waals surface area contributed by atoms with Gasteiger partial charge in [-0.2, -0.15) is 16.9 Å². The highest BCUT2D eigenvalue weighted by Gasteiger charge is 2.16. The molecule has 0 amide bonds. The highest BCUT2D eigenvalue weighted by molar-refractivity contribution is 7.99. The fraction of sp³-hybridized carbons (Fsp3) is 0.667. The summed E-state index contributed by atoms with van der Waals surface area (Å²) in [7, 11) is 0. The van der Waals surface area contributed by atoms with Crippen LogP contribution in [0, 0.1) is 0 Å². The van der Waals surface area contributed by atoms with Gasteiger partial charge in [0.2, 0.25) is 0 Å². The van der Waals surface area contributed by atoms with E-state index >= 15 is 0 Å². The van der Waals surface area contributed by atoms with Gasteiger partial charge < -0.3 is 5.32 Å². The van der Waals surface area contributed by atoms with Crippen molar-refractivity contribution in [3.05, 3.63) is 21.6 Å². The SMILES string of the molecule is CCCn1ncc(NC2CCCSC2)c(Cl)c1=O. The molecule has 1 aliphatic rings. The molecular weight excluding hydrogens is 270 g/mol. The van der Waals surface area contributed by atoms with Crippen molar-refractivity contribution in [1.82, 2.24) is 9.78 Å². The summed E-state index contributed by atoms with van der Waals surface area (Å²) in [6, 6.07) is 0.393. The Morgan fingerprint density at radius 2 is 2.50 bits per heavy atom. The van der Waals surface area contributed by atoms with Crippen molar-refractivity contribution in [2.24, 2.45) is 0 Å². The number of hydrogen-bond acceptors (Lipinski definition) is 4. The molecule has 0 aromatic carbocycles. The van der Waals surface area contributed by atoms with Crippen LogP contribution in [0.5, 0.6) is 0 Å². The summed E-state index contributed by atoms with van der Waals surface area (Å²) in [5.74, 6) is 2.29. The summed E-state index contributed by atoms with van der Waals surface area (Å²) in [5, 5.41) is 7.73. The van der Waals surface area contributed by atoms with Crippen molar-refractivity contribution in [1.29, 1.82) is 0 Å². The number of thioether (sulfide) groups is 1. The second-order valence-corrected chi connectivity index (χ2v) is 5.99. The number of aryl methyl sites for hydroxylation is 1. The van der Waals surface area contributed by atoms with Gasteiger partial charge in [-0.1, -0.05) is 18.5 Å². The fourth-order valence-corrected chi connectivity index (χ4v) is 3.28. The molecule has 1 aliphatic heterocycles. The van der Waals surface area contributed by atoms with Crippen LogP contribution in [0.2, 0.25) is 5.02 Å². The Bertz CT molecular complexity index is 457. The zero-order valence-corrected chi connectivity index (χ0v) is 12.1. The first-order valence-corrected chi connectivity index (χ1v) is 7.85. The topological polar surface area (TPSA) is 46.9 Å². The molecule has 1 saturated heterocycles. The van der Waals surface area contributed by atoms with Crippen LogP contribution in [-0.4, -0.2) is 27.3 Å². The normalized spacial score (nSPS) is 19.8. The minimum atomic E-state index is -0.202. The van der Waals surface area contributed by atoms with E-state index in [4.69, 9.17) is 11.6 Å². The van der Waals surface area contributed by atoms with E-state index in [1.165, 1.54) is 16.9 Å². The summed E-state index contributed by atoms with van der Waals surface area (Å²) in [6.07, 6.45) is 4.87. The number of rotatable bonds is 4. The van der Waals surface area contributed by atoms with E-state index in [1.807, 2.05) is 18.7 Å². The number of halogens is 1. The molecular formula is C12H18ClN3OS. The molecule has 2 rings (SSSR count). The molecule has 1 atom stereocenters. The second-order valence-electron chi connectivity index (χ2n) is 4.46. The van der Waals surface area contributed by atoms with Crippen molar-refractivity contribution in [3.63, 3.8) is 0 Å². The van der Waals surface area contributed by atoms with E-state index in [9.17, 15) is 4.79 Å². The molecule has 0 saturated carbocycles. The molecule has 0 aliphatic carbocycles. The van der Waals surface area contributed by atoms with Crippen LogP contribution in [0.4, 0.5) is 5.69 Å². The Balaban J connectivity index is 2.13. The van der Waals surface area contributed by atoms with Gasteiger partial charge in [0.15, 0.2) is 0 Å². The first-order chi connectivity index (χ1) is 8.72. The van der Waals surface area contributed by atoms with E-state index in [0.717, 1.165) is 18.6 Å². The fourth-order valence-electron chi connectivity index (χ4n) is 2.01. The first-order valence-electron chi connectivity index (χ1n) is 6.32. The van der Waals surface area contributed by atoms with Crippen LogP contribution in [0.1, 0.15) is 26.2 Å². The highest BCUT2D eigenvalue weighted by atomic mass is 35.5. The average Bonchev–Trinajstić information content (AvgIpc) is 2.40. The molecule has 1 N–H and O–H groups in total. The third kappa shape index (κ3) is 3.20. The zero-order chi connectivity index (χ0) is 13.0. The molecule has 1 fully saturated rings. The zero-order valence-electron chi connectivity index (χ0n) is 10.5. The third-order valence-electron chi connectivity index (χ3n) is 2.94. The quantitative estimate of drug-likeness (QED) is 0.925. The highest BCUT2D eigenvalue weighted by Crippen LogP contribution is 2.23. The van der Waals surface area contributed by atoms with Crippen molar-refractivity contribution >= 4 is 29.1 Å². The van der Waals surface area contributed by atoms with Gasteiger partial charge in [0.1, 0.15) is 5.02 Å². The summed E-state index contributed by atoms with van der Waals surface area (Å²) in [5.41, 5.74) is 0.466. The maximum atomic E-state index is 11.9. The predicted molar refractivity (Wildman–Crippen MR) is 77.8 cm³/mol. The lowest BCUT2D eigenvalue weighted by atomic mass is 10.2. The number of nitrogens with one attached hydrogen (secondary N) is 1. The van der Waals surface area contributed by atoms with Crippen LogP contribution in [0.3, 0.4) is 0 Å². The number of hydrogen-bond donors (Lipinski definition) is 1. The Morgan fingerprint density at radius 1 is 1.67 bits per heavy atom. The second kappa shape index (κ2) is 6.48. The van der Waals surface area contributed by atoms with Crippen molar-refractivity contribution in [2.75, 3.05) is 16.8 Å². The number of nitrogens with zero attached hydrogens (tertiary/aromatic N) is 2. The molecule has 0 bridgehead atoms. The van der Waals surface area contributed by atoms with Crippen molar-refractivity contribution in [3.8, 4) is 0 Å². The Labute approximate surface area is 116 Å². The lowest BCUT2D eigenvalue weighted by Gasteiger charge is -2.23. The average molecular weight is 288 g/mol. The van der Waals surface area contributed by atoms with Crippen LogP contribution >= 0.6 is 23.4 Å². The van der Waals surface area contributed by atoms with E-state index in [1.54, 1.807) is 6.20 Å². The summed E-state index contributed by atoms with van der Waals surface area (Å²) < 4.78 is 1.42. The van der Waals surface area contributed by atoms with E-state index in [0.29, 0.717) is 18.3 Å². The number of aromatic nitrogens is 2. The standard InChI is InChI=1S/C12H18ClN3OS/c1-2-5-16-12(17)11(13)10(7-14-16)15-9-4-3-6-18-8-9/h7,9,15H,2-6,8H2,1H3. The summed E-state index contributed by atoms with van der Waals surface area (Å²) >= 11 is 8.04. The minimum Gasteiger partial charge on any atom is -0.379 e. The van der Waals surface area contributed by atoms with Gasteiger partial charge in [0.25, 0.3) is 5.56 Å². The summed E-state index contributed by atoms with van der Waals surface area (Å²) in [4.78, 5) is 11.9. The monoisotopic (exact) mass is 287 g/mol. The maximum Gasteiger partial charge on any atom is 0.287 e. The van der Waals surface area contributed by atoms with Crippen LogP contribution in [-0.2, 0) is 6.54 Å². The van der Waals surface area contributed by atoms with Crippen molar-refractivity contribution in [2.45, 2.75) is 38.8 Å². The first kappa shape index (κ1) is 13.7. The van der Waals surface area contributed by atoms with Crippen LogP contribution < -0.4 is 10.9 Å². The number of anilines is 1. The third-order valence-corrected chi connectivity index (χ3v) is 4.52. The largest absolute Gasteiger partial charge is 0.379 e. The lowest BCUT2D eigenvalue weighted by molar-refractivity contribution is 0.567. The predicted octanol–water partition coefficient (Wildman–Crippen LogP) is 2.61. The van der Waals surface area contributed by atoms with E-state index in [2.05, 4.69) is 10.4 Å². The molecule has 1 aromatic rings. The maximum absolute atomic E-state index is 11.9. The van der Waals surface area contributed by atoms with E-state index in [-0.39, 0.29) is 10.6 Å². The van der Waals surface area contributed by atoms with Gasteiger partial charge >= 0.3 is 0 Å². The molecule has 6 heteroatoms. The van der Waals surface area contributed by atoms with Gasteiger partial charge in [-0.15, -0.1) is 0 Å². The molecule has 2 heterocycles. The minimum absolute atomic E-state index is 0.202. The van der Waals surface area contributed by atoms with Gasteiger partial charge in [-0.05, 0) is 25.0 Å². The molecule has 1 aromatic heterocycles. The molecule has 1 unspecified atom stereocenters. The van der Waals surface area contributed by atoms with Gasteiger partial charge in [0.05, 0.1) is 11.9 Å². The van der Waals surface area contributed by atoms with Gasteiger partial charge in [-0.25, -0.2) is 4.68 Å². The van der Waals surface area contributed by atoms with Crippen LogP contribution in [0.25, 0.3) is 0 Å². The Morgan fingerprint density at radius 3 is 3.17 bits per heavy atom. The Hall–Kier alpha value is -0.680.